The number of esters is 1. The molecule has 3 aliphatic carbocycles. The van der Waals surface area contributed by atoms with Gasteiger partial charge in [0.15, 0.2) is 0 Å². The van der Waals surface area contributed by atoms with E-state index >= 15 is 0 Å². The summed E-state index contributed by atoms with van der Waals surface area (Å²) < 4.78 is 4.66. The van der Waals surface area contributed by atoms with Crippen LogP contribution in [0.5, 0.6) is 0 Å². The molecule has 3 nitrogen and oxygen atoms in total. The van der Waals surface area contributed by atoms with Crippen molar-refractivity contribution in [1.82, 2.24) is 0 Å². The van der Waals surface area contributed by atoms with E-state index in [-0.39, 0.29) is 22.5 Å². The Morgan fingerprint density at radius 1 is 1.38 bits per heavy atom. The highest BCUT2D eigenvalue weighted by atomic mass is 35.5. The molecule has 72 valence electrons. The number of carbonyl (C=O) groups excluding carboxylic acids is 2. The molecule has 3 rings (SSSR count). The third-order valence-corrected chi connectivity index (χ3v) is 3.81. The van der Waals surface area contributed by atoms with Crippen molar-refractivity contribution in [3.8, 4) is 0 Å². The summed E-state index contributed by atoms with van der Waals surface area (Å²) in [5.74, 6) is 0.0464. The lowest BCUT2D eigenvalue weighted by atomic mass is 9.70. The van der Waals surface area contributed by atoms with Crippen molar-refractivity contribution in [2.75, 3.05) is 7.11 Å². The summed E-state index contributed by atoms with van der Waals surface area (Å²) in [6, 6.07) is 0. The van der Waals surface area contributed by atoms with Gasteiger partial charge in [-0.25, -0.2) is 0 Å². The minimum atomic E-state index is -0.384. The van der Waals surface area contributed by atoms with Crippen LogP contribution in [-0.4, -0.2) is 18.3 Å². The molecule has 3 fully saturated rings. The third kappa shape index (κ3) is 1.10. The second-order valence-electron chi connectivity index (χ2n) is 4.06. The number of hydrogen-bond acceptors (Lipinski definition) is 3. The average Bonchev–Trinajstić information content (AvgIpc) is 2.55. The number of halogens is 1. The lowest BCUT2D eigenvalue weighted by Crippen LogP contribution is -2.33. The maximum atomic E-state index is 11.2. The molecule has 0 aromatic rings. The minimum absolute atomic E-state index is 0.0901. The van der Waals surface area contributed by atoms with Crippen molar-refractivity contribution in [3.63, 3.8) is 0 Å². The van der Waals surface area contributed by atoms with Crippen LogP contribution in [0.25, 0.3) is 0 Å². The molecule has 4 heteroatoms. The van der Waals surface area contributed by atoms with Crippen LogP contribution >= 0.6 is 11.6 Å². The molecule has 0 aromatic carbocycles. The molecule has 2 bridgehead atoms. The fraction of sp³-hybridized carbons (Fsp3) is 0.778. The highest BCUT2D eigenvalue weighted by molar-refractivity contribution is 6.64. The lowest BCUT2D eigenvalue weighted by molar-refractivity contribution is -0.146. The lowest BCUT2D eigenvalue weighted by Gasteiger charge is -2.34. The van der Waals surface area contributed by atoms with E-state index in [2.05, 4.69) is 4.74 Å². The van der Waals surface area contributed by atoms with E-state index in [1.54, 1.807) is 0 Å². The molecule has 3 aliphatic rings. The van der Waals surface area contributed by atoms with Gasteiger partial charge in [-0.1, -0.05) is 0 Å². The first-order chi connectivity index (χ1) is 6.09. The Labute approximate surface area is 81.4 Å². The molecule has 1 unspecified atom stereocenters. The number of carbonyl (C=O) groups is 2. The van der Waals surface area contributed by atoms with E-state index in [0.717, 1.165) is 12.8 Å². The molecule has 0 amide bonds. The first kappa shape index (κ1) is 9.00. The van der Waals surface area contributed by atoms with Crippen LogP contribution in [-0.2, 0) is 14.3 Å². The largest absolute Gasteiger partial charge is 0.469 e. The van der Waals surface area contributed by atoms with Crippen LogP contribution in [0, 0.1) is 17.3 Å². The zero-order chi connectivity index (χ0) is 9.64. The van der Waals surface area contributed by atoms with Gasteiger partial charge in [0, 0.05) is 5.41 Å². The third-order valence-electron chi connectivity index (χ3n) is 3.41. The van der Waals surface area contributed by atoms with E-state index in [9.17, 15) is 9.59 Å². The Morgan fingerprint density at radius 2 is 2.00 bits per heavy atom. The molecule has 0 spiro atoms. The summed E-state index contributed by atoms with van der Waals surface area (Å²) in [7, 11) is 1.38. The zero-order valence-electron chi connectivity index (χ0n) is 7.38. The Hall–Kier alpha value is -0.570. The normalized spacial score (nSPS) is 41.1. The Balaban J connectivity index is 2.09. The van der Waals surface area contributed by atoms with Gasteiger partial charge in [0.25, 0.3) is 0 Å². The predicted molar refractivity (Wildman–Crippen MR) is 46.1 cm³/mol. The Kier molecular flexibility index (Phi) is 1.88. The topological polar surface area (TPSA) is 43.4 Å². The van der Waals surface area contributed by atoms with E-state index in [4.69, 9.17) is 11.6 Å². The first-order valence-electron chi connectivity index (χ1n) is 4.37. The summed E-state index contributed by atoms with van der Waals surface area (Å²) in [6.45, 7) is 0. The number of methoxy groups -OCH3 is 1. The van der Waals surface area contributed by atoms with Gasteiger partial charge in [0.05, 0.1) is 13.0 Å². The molecule has 0 radical (unpaired) electrons. The predicted octanol–water partition coefficient (Wildman–Crippen LogP) is 1.34. The molecule has 0 heterocycles. The van der Waals surface area contributed by atoms with Gasteiger partial charge < -0.3 is 4.74 Å². The maximum Gasteiger partial charge on any atom is 0.308 e. The van der Waals surface area contributed by atoms with Crippen molar-refractivity contribution in [2.24, 2.45) is 17.3 Å². The van der Waals surface area contributed by atoms with Gasteiger partial charge in [-0.2, -0.15) is 0 Å². The van der Waals surface area contributed by atoms with Crippen LogP contribution in [0.3, 0.4) is 0 Å². The molecule has 0 saturated heterocycles. The van der Waals surface area contributed by atoms with Crippen molar-refractivity contribution < 1.29 is 14.3 Å². The van der Waals surface area contributed by atoms with Crippen LogP contribution in [0.4, 0.5) is 0 Å². The van der Waals surface area contributed by atoms with Crippen LogP contribution in [0.15, 0.2) is 0 Å². The monoisotopic (exact) mass is 202 g/mol. The molecular formula is C9H11ClO3. The summed E-state index contributed by atoms with van der Waals surface area (Å²) in [5, 5.41) is -0.282. The highest BCUT2D eigenvalue weighted by Crippen LogP contribution is 2.62. The summed E-state index contributed by atoms with van der Waals surface area (Å²) >= 11 is 5.49. The van der Waals surface area contributed by atoms with E-state index in [1.807, 2.05) is 0 Å². The second-order valence-corrected chi connectivity index (χ2v) is 4.40. The summed E-state index contributed by atoms with van der Waals surface area (Å²) in [5.41, 5.74) is -0.384. The first-order valence-corrected chi connectivity index (χ1v) is 4.74. The van der Waals surface area contributed by atoms with E-state index in [0.29, 0.717) is 12.3 Å². The Morgan fingerprint density at radius 3 is 2.38 bits per heavy atom. The van der Waals surface area contributed by atoms with Crippen molar-refractivity contribution in [2.45, 2.75) is 19.3 Å². The van der Waals surface area contributed by atoms with Crippen molar-refractivity contribution >= 4 is 22.8 Å². The summed E-state index contributed by atoms with van der Waals surface area (Å²) in [6.07, 6.45) is 2.14. The Bertz CT molecular complexity index is 268. The zero-order valence-corrected chi connectivity index (χ0v) is 8.13. The SMILES string of the molecule is COC(=O)C1CC2(C(=O)Cl)CC1C2. The molecule has 0 aromatic heterocycles. The van der Waals surface area contributed by atoms with E-state index in [1.165, 1.54) is 7.11 Å². The van der Waals surface area contributed by atoms with Crippen molar-refractivity contribution in [3.05, 3.63) is 0 Å². The highest BCUT2D eigenvalue weighted by Gasteiger charge is 2.61. The molecule has 3 saturated carbocycles. The molecular weight excluding hydrogens is 192 g/mol. The van der Waals surface area contributed by atoms with Crippen LogP contribution in [0.2, 0.25) is 0 Å². The smallest absolute Gasteiger partial charge is 0.308 e. The maximum absolute atomic E-state index is 11.2. The number of hydrogen-bond donors (Lipinski definition) is 0. The van der Waals surface area contributed by atoms with Crippen molar-refractivity contribution in [1.29, 1.82) is 0 Å². The summed E-state index contributed by atoms with van der Waals surface area (Å²) in [4.78, 5) is 22.3. The van der Waals surface area contributed by atoms with Gasteiger partial charge in [-0.05, 0) is 36.8 Å². The second kappa shape index (κ2) is 2.71. The number of fused-ring (bicyclic) bond motifs is 1. The van der Waals surface area contributed by atoms with Crippen LogP contribution < -0.4 is 0 Å². The fourth-order valence-electron chi connectivity index (χ4n) is 2.65. The standard InChI is InChI=1S/C9H11ClO3/c1-13-7(11)6-4-9(8(10)12)2-5(6)3-9/h5-6H,2-4H2,1H3. The van der Waals surface area contributed by atoms with Gasteiger partial charge in [-0.3, -0.25) is 9.59 Å². The molecule has 0 aliphatic heterocycles. The fourth-order valence-corrected chi connectivity index (χ4v) is 2.88. The number of ether oxygens (including phenoxy) is 1. The van der Waals surface area contributed by atoms with Crippen LogP contribution in [0.1, 0.15) is 19.3 Å². The molecule has 0 N–H and O–H groups in total. The molecule has 1 atom stereocenters. The quantitative estimate of drug-likeness (QED) is 0.502. The molecule has 13 heavy (non-hydrogen) atoms. The van der Waals surface area contributed by atoms with Gasteiger partial charge in [0.1, 0.15) is 0 Å². The van der Waals surface area contributed by atoms with E-state index < -0.39 is 0 Å². The van der Waals surface area contributed by atoms with Gasteiger partial charge >= 0.3 is 5.97 Å². The minimum Gasteiger partial charge on any atom is -0.469 e. The average molecular weight is 203 g/mol. The number of rotatable bonds is 2. The van der Waals surface area contributed by atoms with Gasteiger partial charge in [0.2, 0.25) is 5.24 Å². The van der Waals surface area contributed by atoms with Gasteiger partial charge in [-0.15, -0.1) is 0 Å².